The second-order valence-corrected chi connectivity index (χ2v) is 8.43. The number of rotatable bonds is 5. The van der Waals surface area contributed by atoms with Crippen molar-refractivity contribution in [2.24, 2.45) is 16.8 Å². The number of hydrazone groups is 1. The van der Waals surface area contributed by atoms with Crippen LogP contribution in [0.5, 0.6) is 0 Å². The van der Waals surface area contributed by atoms with E-state index in [0.29, 0.717) is 16.7 Å². The predicted octanol–water partition coefficient (Wildman–Crippen LogP) is 2.86. The molecule has 0 radical (unpaired) electrons. The summed E-state index contributed by atoms with van der Waals surface area (Å²) in [6.07, 6.45) is 4.29. The fraction of sp³-hybridized carbons (Fsp3) is 0.400. The van der Waals surface area contributed by atoms with Crippen molar-refractivity contribution in [1.82, 2.24) is 4.98 Å². The maximum atomic E-state index is 13.2. The average Bonchev–Trinajstić information content (AvgIpc) is 3.32. The molecule has 4 rings (SSSR count). The lowest BCUT2D eigenvalue weighted by molar-refractivity contribution is -0.119. The molecule has 2 aliphatic rings. The Bertz CT molecular complexity index is 972. The molecular formula is C20H22FN5O2S. The summed E-state index contributed by atoms with van der Waals surface area (Å²) in [5.74, 6) is -0.731. The lowest BCUT2D eigenvalue weighted by Crippen LogP contribution is -2.39. The molecule has 1 aliphatic carbocycles. The number of nitrogens with two attached hydrogens (primary N) is 1. The Morgan fingerprint density at radius 2 is 2.07 bits per heavy atom. The van der Waals surface area contributed by atoms with Crippen molar-refractivity contribution in [2.75, 3.05) is 10.3 Å². The first kappa shape index (κ1) is 19.5. The highest BCUT2D eigenvalue weighted by Crippen LogP contribution is 2.33. The van der Waals surface area contributed by atoms with Gasteiger partial charge < -0.3 is 5.73 Å². The number of anilines is 2. The normalized spacial score (nSPS) is 20.9. The van der Waals surface area contributed by atoms with Crippen LogP contribution in [0.15, 0.2) is 29.4 Å². The zero-order valence-corrected chi connectivity index (χ0v) is 16.8. The molecular weight excluding hydrogens is 393 g/mol. The third-order valence-corrected chi connectivity index (χ3v) is 6.47. The first-order valence-electron chi connectivity index (χ1n) is 9.66. The van der Waals surface area contributed by atoms with Gasteiger partial charge in [0.05, 0.1) is 11.4 Å². The van der Waals surface area contributed by atoms with Gasteiger partial charge in [-0.1, -0.05) is 13.3 Å². The van der Waals surface area contributed by atoms with Crippen molar-refractivity contribution in [1.29, 1.82) is 0 Å². The molecule has 2 heterocycles. The number of primary amides is 1. The van der Waals surface area contributed by atoms with Crippen molar-refractivity contribution in [2.45, 2.75) is 45.1 Å². The highest BCUT2D eigenvalue weighted by atomic mass is 32.1. The Morgan fingerprint density at radius 3 is 2.76 bits per heavy atom. The van der Waals surface area contributed by atoms with Crippen LogP contribution in [0.1, 0.15) is 36.8 Å². The van der Waals surface area contributed by atoms with E-state index in [-0.39, 0.29) is 12.1 Å². The van der Waals surface area contributed by atoms with E-state index in [9.17, 15) is 14.0 Å². The lowest BCUT2D eigenvalue weighted by atomic mass is 9.89. The minimum Gasteiger partial charge on any atom is -0.368 e. The van der Waals surface area contributed by atoms with E-state index in [0.717, 1.165) is 31.4 Å². The van der Waals surface area contributed by atoms with Gasteiger partial charge in [0.2, 0.25) is 5.91 Å². The summed E-state index contributed by atoms with van der Waals surface area (Å²) in [6, 6.07) is 4.73. The summed E-state index contributed by atoms with van der Waals surface area (Å²) in [5, 5.41) is 9.02. The molecule has 2 unspecified atom stereocenters. The smallest absolute Gasteiger partial charge is 0.273 e. The molecule has 0 bridgehead atoms. The zero-order chi connectivity index (χ0) is 20.5. The van der Waals surface area contributed by atoms with E-state index in [1.165, 1.54) is 45.5 Å². The van der Waals surface area contributed by atoms with Gasteiger partial charge in [0, 0.05) is 11.3 Å². The van der Waals surface area contributed by atoms with E-state index in [2.05, 4.69) is 22.3 Å². The van der Waals surface area contributed by atoms with E-state index in [1.54, 1.807) is 0 Å². The molecule has 0 fully saturated rings. The van der Waals surface area contributed by atoms with Crippen LogP contribution in [-0.4, -0.2) is 28.6 Å². The van der Waals surface area contributed by atoms with Gasteiger partial charge in [-0.05, 0) is 49.4 Å². The first-order chi connectivity index (χ1) is 13.9. The molecule has 0 saturated carbocycles. The van der Waals surface area contributed by atoms with Crippen LogP contribution < -0.4 is 16.1 Å². The highest BCUT2D eigenvalue weighted by Gasteiger charge is 2.35. The molecule has 2 atom stereocenters. The van der Waals surface area contributed by atoms with Gasteiger partial charge in [-0.2, -0.15) is 5.10 Å². The van der Waals surface area contributed by atoms with Gasteiger partial charge in [-0.15, -0.1) is 11.3 Å². The van der Waals surface area contributed by atoms with Crippen molar-refractivity contribution in [3.8, 4) is 0 Å². The van der Waals surface area contributed by atoms with Crippen LogP contribution in [0.2, 0.25) is 0 Å². The summed E-state index contributed by atoms with van der Waals surface area (Å²) < 4.78 is 13.2. The summed E-state index contributed by atoms with van der Waals surface area (Å²) in [4.78, 5) is 30.4. The molecule has 1 aromatic heterocycles. The standard InChI is InChI=1S/C20H22FN5O2S/c1-2-11-3-8-14-17(9-11)29-20(23-14)24-19(28)15-10-16(18(22)27)26(25-15)13-6-4-12(21)5-7-13/h4-7,11,16H,2-3,8-10H2,1H3,(H2,22,27)(H,23,24,28). The number of nitrogens with one attached hydrogen (secondary N) is 1. The van der Waals surface area contributed by atoms with Gasteiger partial charge in [-0.25, -0.2) is 9.37 Å². The molecule has 2 aromatic rings. The number of halogens is 1. The Morgan fingerprint density at radius 1 is 1.31 bits per heavy atom. The minimum absolute atomic E-state index is 0.0849. The number of benzene rings is 1. The van der Waals surface area contributed by atoms with Crippen LogP contribution in [0, 0.1) is 11.7 Å². The fourth-order valence-electron chi connectivity index (χ4n) is 3.72. The molecule has 2 amide bonds. The van der Waals surface area contributed by atoms with Crippen LogP contribution >= 0.6 is 11.3 Å². The molecule has 152 valence electrons. The van der Waals surface area contributed by atoms with Crippen LogP contribution in [0.4, 0.5) is 15.2 Å². The molecule has 1 aromatic carbocycles. The van der Waals surface area contributed by atoms with Crippen molar-refractivity contribution < 1.29 is 14.0 Å². The van der Waals surface area contributed by atoms with Crippen molar-refractivity contribution in [3.63, 3.8) is 0 Å². The maximum absolute atomic E-state index is 13.2. The predicted molar refractivity (Wildman–Crippen MR) is 110 cm³/mol. The summed E-state index contributed by atoms with van der Waals surface area (Å²) in [6.45, 7) is 2.19. The molecule has 29 heavy (non-hydrogen) atoms. The van der Waals surface area contributed by atoms with Gasteiger partial charge >= 0.3 is 0 Å². The topological polar surface area (TPSA) is 101 Å². The molecule has 0 saturated heterocycles. The van der Waals surface area contributed by atoms with Gasteiger partial charge in [0.1, 0.15) is 17.6 Å². The largest absolute Gasteiger partial charge is 0.368 e. The summed E-state index contributed by atoms with van der Waals surface area (Å²) in [5.41, 5.74) is 7.24. The Hall–Kier alpha value is -2.81. The zero-order valence-electron chi connectivity index (χ0n) is 16.0. The third kappa shape index (κ3) is 4.00. The van der Waals surface area contributed by atoms with E-state index in [4.69, 9.17) is 5.73 Å². The molecule has 3 N–H and O–H groups in total. The number of aryl methyl sites for hydroxylation is 1. The molecule has 0 spiro atoms. The number of carbonyl (C=O) groups excluding carboxylic acids is 2. The van der Waals surface area contributed by atoms with Crippen molar-refractivity contribution in [3.05, 3.63) is 40.7 Å². The van der Waals surface area contributed by atoms with Crippen LogP contribution in [-0.2, 0) is 22.4 Å². The van der Waals surface area contributed by atoms with Crippen LogP contribution in [0.25, 0.3) is 0 Å². The lowest BCUT2D eigenvalue weighted by Gasteiger charge is -2.20. The van der Waals surface area contributed by atoms with E-state index in [1.807, 2.05) is 0 Å². The van der Waals surface area contributed by atoms with Gasteiger partial charge in [0.25, 0.3) is 5.91 Å². The Kier molecular flexibility index (Phi) is 5.31. The number of nitrogens with zero attached hydrogens (tertiary/aromatic N) is 3. The Balaban J connectivity index is 1.51. The van der Waals surface area contributed by atoms with Crippen molar-refractivity contribution >= 4 is 39.7 Å². The number of fused-ring (bicyclic) bond motifs is 1. The SMILES string of the molecule is CCC1CCc2nc(NC(=O)C3=NN(c4ccc(F)cc4)C(C(N)=O)C3)sc2C1. The second-order valence-electron chi connectivity index (χ2n) is 7.35. The first-order valence-corrected chi connectivity index (χ1v) is 10.5. The number of hydrogen-bond acceptors (Lipinski definition) is 6. The minimum atomic E-state index is -0.795. The van der Waals surface area contributed by atoms with Gasteiger partial charge in [0.15, 0.2) is 5.13 Å². The quantitative estimate of drug-likeness (QED) is 0.784. The van der Waals surface area contributed by atoms with E-state index >= 15 is 0 Å². The van der Waals surface area contributed by atoms with Gasteiger partial charge in [-0.3, -0.25) is 19.9 Å². The monoisotopic (exact) mass is 415 g/mol. The number of aromatic nitrogens is 1. The fourth-order valence-corrected chi connectivity index (χ4v) is 4.83. The number of amides is 2. The Labute approximate surface area is 171 Å². The number of carbonyl (C=O) groups is 2. The molecule has 7 nitrogen and oxygen atoms in total. The highest BCUT2D eigenvalue weighted by molar-refractivity contribution is 7.16. The molecule has 1 aliphatic heterocycles. The second kappa shape index (κ2) is 7.90. The van der Waals surface area contributed by atoms with Crippen LogP contribution in [0.3, 0.4) is 0 Å². The van der Waals surface area contributed by atoms with E-state index < -0.39 is 23.7 Å². The maximum Gasteiger partial charge on any atom is 0.273 e. The average molecular weight is 415 g/mol. The molecule has 9 heteroatoms. The summed E-state index contributed by atoms with van der Waals surface area (Å²) in [7, 11) is 0. The summed E-state index contributed by atoms with van der Waals surface area (Å²) >= 11 is 1.50. The number of hydrogen-bond donors (Lipinski definition) is 2. The number of thiazole rings is 1. The third-order valence-electron chi connectivity index (χ3n) is 5.43.